The first kappa shape index (κ1) is 25.0. The van der Waals surface area contributed by atoms with Gasteiger partial charge in [-0.05, 0) is 50.1 Å². The van der Waals surface area contributed by atoms with E-state index >= 15 is 0 Å². The second kappa shape index (κ2) is 11.0. The number of thioether (sulfide) groups is 1. The Morgan fingerprint density at radius 3 is 2.33 bits per heavy atom. The highest BCUT2D eigenvalue weighted by Gasteiger charge is 2.27. The normalized spacial score (nSPS) is 15.9. The van der Waals surface area contributed by atoms with E-state index in [1.54, 1.807) is 19.1 Å². The molecule has 0 radical (unpaired) electrons. The van der Waals surface area contributed by atoms with Crippen LogP contribution >= 0.6 is 11.8 Å². The second-order valence-electron chi connectivity index (χ2n) is 7.68. The van der Waals surface area contributed by atoms with Crippen LogP contribution in [0.25, 0.3) is 0 Å². The van der Waals surface area contributed by atoms with Gasteiger partial charge in [0.25, 0.3) is 5.69 Å². The van der Waals surface area contributed by atoms with Crippen LogP contribution in [0.1, 0.15) is 32.6 Å². The Morgan fingerprint density at radius 1 is 1.12 bits per heavy atom. The lowest BCUT2D eigenvalue weighted by Crippen LogP contribution is -2.32. The molecule has 2 aromatic carbocycles. The molecule has 3 rings (SSSR count). The Morgan fingerprint density at radius 2 is 1.76 bits per heavy atom. The molecule has 1 saturated heterocycles. The summed E-state index contributed by atoms with van der Waals surface area (Å²) in [7, 11) is -2.23. The molecular weight excluding hydrogens is 466 g/mol. The van der Waals surface area contributed by atoms with Gasteiger partial charge in [-0.3, -0.25) is 14.9 Å². The summed E-state index contributed by atoms with van der Waals surface area (Å²) < 4.78 is 33.1. The fraction of sp³-hybridized carbons (Fsp3) is 0.409. The van der Waals surface area contributed by atoms with Gasteiger partial charge < -0.3 is 10.1 Å². The maximum Gasteiger partial charge on any atom is 0.269 e. The summed E-state index contributed by atoms with van der Waals surface area (Å²) in [6, 6.07) is 10.4. The molecule has 2 aromatic rings. The Kier molecular flexibility index (Phi) is 8.33. The highest BCUT2D eigenvalue weighted by Crippen LogP contribution is 2.31. The Labute approximate surface area is 197 Å². The largest absolute Gasteiger partial charge is 0.495 e. The van der Waals surface area contributed by atoms with Gasteiger partial charge in [-0.25, -0.2) is 8.42 Å². The van der Waals surface area contributed by atoms with E-state index in [1.165, 1.54) is 53.5 Å². The van der Waals surface area contributed by atoms with E-state index in [1.807, 2.05) is 0 Å². The molecule has 1 amide bonds. The van der Waals surface area contributed by atoms with Crippen molar-refractivity contribution in [1.29, 1.82) is 0 Å². The van der Waals surface area contributed by atoms with Gasteiger partial charge in [-0.15, -0.1) is 11.8 Å². The van der Waals surface area contributed by atoms with E-state index in [2.05, 4.69) is 5.32 Å². The van der Waals surface area contributed by atoms with Crippen LogP contribution in [0, 0.1) is 10.1 Å². The zero-order chi connectivity index (χ0) is 24.0. The Balaban J connectivity index is 1.76. The molecule has 1 atom stereocenters. The molecule has 1 fully saturated rings. The molecule has 178 valence electrons. The van der Waals surface area contributed by atoms with Crippen molar-refractivity contribution in [3.05, 3.63) is 52.6 Å². The van der Waals surface area contributed by atoms with E-state index in [-0.39, 0.29) is 22.2 Å². The topological polar surface area (TPSA) is 119 Å². The number of nitro benzene ring substituents is 1. The van der Waals surface area contributed by atoms with E-state index in [9.17, 15) is 23.3 Å². The van der Waals surface area contributed by atoms with Crippen LogP contribution in [0.15, 0.2) is 52.3 Å². The predicted molar refractivity (Wildman–Crippen MR) is 127 cm³/mol. The monoisotopic (exact) mass is 493 g/mol. The maximum atomic E-state index is 13.1. The number of anilines is 1. The number of nitrogens with zero attached hydrogens (tertiary/aromatic N) is 2. The third-order valence-electron chi connectivity index (χ3n) is 5.36. The van der Waals surface area contributed by atoms with Gasteiger partial charge in [0.1, 0.15) is 5.75 Å². The molecule has 1 aliphatic rings. The van der Waals surface area contributed by atoms with Crippen LogP contribution in [0.5, 0.6) is 5.75 Å². The van der Waals surface area contributed by atoms with Gasteiger partial charge in [0.2, 0.25) is 15.9 Å². The van der Waals surface area contributed by atoms with Crippen molar-refractivity contribution in [3.63, 3.8) is 0 Å². The number of hydrogen-bond acceptors (Lipinski definition) is 7. The number of rotatable bonds is 8. The molecule has 0 saturated carbocycles. The van der Waals surface area contributed by atoms with Crippen molar-refractivity contribution in [2.45, 2.75) is 47.6 Å². The number of carbonyl (C=O) groups excluding carboxylic acids is 1. The van der Waals surface area contributed by atoms with Gasteiger partial charge in [0.15, 0.2) is 0 Å². The predicted octanol–water partition coefficient (Wildman–Crippen LogP) is 4.29. The van der Waals surface area contributed by atoms with Crippen LogP contribution in [0.2, 0.25) is 0 Å². The molecule has 11 heteroatoms. The molecule has 0 aliphatic carbocycles. The van der Waals surface area contributed by atoms with Crippen molar-refractivity contribution in [2.75, 3.05) is 25.5 Å². The number of hydrogen-bond donors (Lipinski definition) is 1. The lowest BCUT2D eigenvalue weighted by molar-refractivity contribution is -0.384. The number of benzene rings is 2. The first-order chi connectivity index (χ1) is 15.7. The summed E-state index contributed by atoms with van der Waals surface area (Å²) in [5.41, 5.74) is 0.248. The van der Waals surface area contributed by atoms with E-state index in [0.29, 0.717) is 23.7 Å². The van der Waals surface area contributed by atoms with Gasteiger partial charge in [0, 0.05) is 30.1 Å². The smallest absolute Gasteiger partial charge is 0.269 e. The summed E-state index contributed by atoms with van der Waals surface area (Å²) in [5, 5.41) is 13.0. The molecule has 1 unspecified atom stereocenters. The number of nitro groups is 1. The van der Waals surface area contributed by atoms with Crippen LogP contribution in [-0.2, 0) is 14.8 Å². The lowest BCUT2D eigenvalue weighted by atomic mass is 10.2. The molecular formula is C22H27N3O6S2. The average Bonchev–Trinajstić information content (AvgIpc) is 3.09. The minimum Gasteiger partial charge on any atom is -0.495 e. The first-order valence-electron chi connectivity index (χ1n) is 10.6. The van der Waals surface area contributed by atoms with Crippen molar-refractivity contribution in [3.8, 4) is 5.75 Å². The highest BCUT2D eigenvalue weighted by molar-refractivity contribution is 8.00. The van der Waals surface area contributed by atoms with Crippen LogP contribution in [0.3, 0.4) is 0 Å². The third-order valence-corrected chi connectivity index (χ3v) is 8.37. The van der Waals surface area contributed by atoms with Gasteiger partial charge in [-0.2, -0.15) is 4.31 Å². The van der Waals surface area contributed by atoms with E-state index in [0.717, 1.165) is 25.7 Å². The van der Waals surface area contributed by atoms with Crippen molar-refractivity contribution >= 4 is 39.1 Å². The van der Waals surface area contributed by atoms with Crippen LogP contribution in [-0.4, -0.2) is 49.0 Å². The van der Waals surface area contributed by atoms with Crippen molar-refractivity contribution in [1.82, 2.24) is 4.31 Å². The van der Waals surface area contributed by atoms with Gasteiger partial charge in [-0.1, -0.05) is 12.8 Å². The number of amides is 1. The average molecular weight is 494 g/mol. The number of non-ortho nitro benzene ring substituents is 1. The molecule has 0 bridgehead atoms. The second-order valence-corrected chi connectivity index (χ2v) is 11.0. The van der Waals surface area contributed by atoms with Crippen LogP contribution < -0.4 is 10.1 Å². The molecule has 0 aromatic heterocycles. The number of carbonyl (C=O) groups is 1. The summed E-state index contributed by atoms with van der Waals surface area (Å²) in [6.07, 6.45) is 3.69. The molecule has 1 heterocycles. The molecule has 1 N–H and O–H groups in total. The van der Waals surface area contributed by atoms with Gasteiger partial charge >= 0.3 is 0 Å². The fourth-order valence-electron chi connectivity index (χ4n) is 3.51. The zero-order valence-corrected chi connectivity index (χ0v) is 20.2. The quantitative estimate of drug-likeness (QED) is 0.331. The molecule has 0 spiro atoms. The summed E-state index contributed by atoms with van der Waals surface area (Å²) in [6.45, 7) is 2.67. The SMILES string of the molecule is COc1ccc(S(=O)(=O)N2CCCCCC2)cc1NC(=O)C(C)Sc1ccc([N+](=O)[O-])cc1. The van der Waals surface area contributed by atoms with Gasteiger partial charge in [0.05, 0.1) is 27.9 Å². The summed E-state index contributed by atoms with van der Waals surface area (Å²) in [5.74, 6) is 0.00618. The number of sulfonamides is 1. The van der Waals surface area contributed by atoms with Crippen molar-refractivity contribution < 1.29 is 22.9 Å². The standard InChI is InChI=1S/C22H27N3O6S2/c1-16(32-18-9-7-17(8-10-18)25(27)28)22(26)23-20-15-19(11-12-21(20)31-2)33(29,30)24-13-5-3-4-6-14-24/h7-12,15-16H,3-6,13-14H2,1-2H3,(H,23,26). The summed E-state index contributed by atoms with van der Waals surface area (Å²) >= 11 is 1.24. The minimum atomic E-state index is -3.68. The number of ether oxygens (including phenoxy) is 1. The lowest BCUT2D eigenvalue weighted by Gasteiger charge is -2.21. The number of nitrogens with one attached hydrogen (secondary N) is 1. The maximum absolute atomic E-state index is 13.1. The number of methoxy groups -OCH3 is 1. The first-order valence-corrected chi connectivity index (χ1v) is 12.9. The summed E-state index contributed by atoms with van der Waals surface area (Å²) in [4.78, 5) is 23.9. The zero-order valence-electron chi connectivity index (χ0n) is 18.5. The van der Waals surface area contributed by atoms with E-state index in [4.69, 9.17) is 4.74 Å². The minimum absolute atomic E-state index is 0.0244. The fourth-order valence-corrected chi connectivity index (χ4v) is 5.93. The Hall–Kier alpha value is -2.63. The highest BCUT2D eigenvalue weighted by atomic mass is 32.2. The Bertz CT molecular complexity index is 1100. The molecule has 33 heavy (non-hydrogen) atoms. The molecule has 1 aliphatic heterocycles. The van der Waals surface area contributed by atoms with E-state index < -0.39 is 20.2 Å². The molecule has 9 nitrogen and oxygen atoms in total. The third kappa shape index (κ3) is 6.24. The van der Waals surface area contributed by atoms with Crippen molar-refractivity contribution in [2.24, 2.45) is 0 Å². The van der Waals surface area contributed by atoms with Crippen LogP contribution in [0.4, 0.5) is 11.4 Å².